The summed E-state index contributed by atoms with van der Waals surface area (Å²) in [5, 5.41) is 14.3. The number of anilines is 1. The zero-order valence-electron chi connectivity index (χ0n) is 23.5. The Bertz CT molecular complexity index is 1810. The first-order valence-corrected chi connectivity index (χ1v) is 15.1. The Morgan fingerprint density at radius 1 is 1.00 bits per heavy atom. The zero-order valence-corrected chi connectivity index (χ0v) is 24.3. The molecule has 4 atom stereocenters. The highest BCUT2D eigenvalue weighted by Gasteiger charge is 2.49. The van der Waals surface area contributed by atoms with Crippen LogP contribution in [0.1, 0.15) is 22.3 Å². The number of sulfone groups is 1. The number of carboxylic acid groups (broad SMARTS) is 1. The van der Waals surface area contributed by atoms with E-state index in [1.807, 2.05) is 12.2 Å². The van der Waals surface area contributed by atoms with E-state index < -0.39 is 55.8 Å². The van der Waals surface area contributed by atoms with Gasteiger partial charge in [0.2, 0.25) is 5.91 Å². The Labute approximate surface area is 254 Å². The van der Waals surface area contributed by atoms with E-state index in [4.69, 9.17) is 9.84 Å². The molecule has 0 spiro atoms. The van der Waals surface area contributed by atoms with Crippen molar-refractivity contribution < 1.29 is 50.2 Å². The molecular formula is C31H26F4N2O7S. The molecule has 0 radical (unpaired) electrons. The van der Waals surface area contributed by atoms with Gasteiger partial charge in [-0.25, -0.2) is 12.8 Å². The number of rotatable bonds is 9. The number of hydrogen-bond acceptors (Lipinski definition) is 6. The number of amides is 2. The molecule has 3 N–H and O–H groups in total. The van der Waals surface area contributed by atoms with E-state index in [0.29, 0.717) is 17.5 Å². The fourth-order valence-corrected chi connectivity index (χ4v) is 6.61. The second-order valence-corrected chi connectivity index (χ2v) is 12.7. The van der Waals surface area contributed by atoms with Crippen LogP contribution in [0.2, 0.25) is 0 Å². The van der Waals surface area contributed by atoms with Crippen LogP contribution in [0.5, 0.6) is 5.75 Å². The quantitative estimate of drug-likeness (QED) is 0.220. The second-order valence-electron chi connectivity index (χ2n) is 10.7. The average molecular weight is 647 g/mol. The van der Waals surface area contributed by atoms with E-state index in [1.54, 1.807) is 0 Å². The van der Waals surface area contributed by atoms with Gasteiger partial charge in [-0.3, -0.25) is 14.4 Å². The third-order valence-electron chi connectivity index (χ3n) is 7.93. The number of hydrogen-bond donors (Lipinski definition) is 3. The summed E-state index contributed by atoms with van der Waals surface area (Å²) in [6.07, 6.45) is 3.96. The summed E-state index contributed by atoms with van der Waals surface area (Å²) < 4.78 is 83.2. The maximum atomic E-state index is 15.1. The highest BCUT2D eigenvalue weighted by Crippen LogP contribution is 2.45. The summed E-state index contributed by atoms with van der Waals surface area (Å²) in [6, 6.07) is 11.5. The van der Waals surface area contributed by atoms with Crippen LogP contribution in [0.3, 0.4) is 0 Å². The number of methoxy groups -OCH3 is 1. The van der Waals surface area contributed by atoms with Crippen molar-refractivity contribution >= 4 is 33.3 Å². The molecule has 0 aromatic heterocycles. The molecule has 1 fully saturated rings. The maximum absolute atomic E-state index is 15.1. The molecule has 2 aliphatic rings. The SMILES string of the molecule is COc1cc(F)c(-c2ccc(CC(=O)O)cc2)cc1C(=O)N[C@@H]1[C@H](C(=O)Nc2cccc(S(=O)(=O)C(F)(F)F)c2)[C@H]2C=C[C@@H]1C2. The van der Waals surface area contributed by atoms with Gasteiger partial charge in [0.15, 0.2) is 0 Å². The summed E-state index contributed by atoms with van der Waals surface area (Å²) in [6.45, 7) is 0. The first kappa shape index (κ1) is 31.7. The van der Waals surface area contributed by atoms with Crippen LogP contribution in [0.15, 0.2) is 77.7 Å². The van der Waals surface area contributed by atoms with Crippen molar-refractivity contribution in [2.24, 2.45) is 17.8 Å². The number of alkyl halides is 3. The largest absolute Gasteiger partial charge is 0.501 e. The standard InChI is InChI=1S/C31H26F4N2O7S/c1-44-25-15-24(32)22(17-7-5-16(6-8-17)11-26(38)39)14-23(25)29(40)37-28-19-10-9-18(12-19)27(28)30(41)36-20-3-2-4-21(13-20)45(42,43)31(33,34)35/h2-10,13-15,18-19,27-28H,11-12H2,1H3,(H,36,41)(H,37,40)(H,38,39)/t18-,19+,27+,28-/m0/s1. The van der Waals surface area contributed by atoms with E-state index in [2.05, 4.69) is 10.6 Å². The molecule has 1 saturated carbocycles. The maximum Gasteiger partial charge on any atom is 0.501 e. The smallest absolute Gasteiger partial charge is 0.496 e. The molecule has 2 aliphatic carbocycles. The summed E-state index contributed by atoms with van der Waals surface area (Å²) in [5.41, 5.74) is -4.78. The Morgan fingerprint density at radius 3 is 2.33 bits per heavy atom. The van der Waals surface area contributed by atoms with Crippen molar-refractivity contribution in [2.45, 2.75) is 29.3 Å². The van der Waals surface area contributed by atoms with Gasteiger partial charge in [0, 0.05) is 23.4 Å². The first-order chi connectivity index (χ1) is 21.2. The Hall–Kier alpha value is -4.72. The summed E-state index contributed by atoms with van der Waals surface area (Å²) in [4.78, 5) is 37.0. The van der Waals surface area contributed by atoms with Crippen LogP contribution in [0.25, 0.3) is 11.1 Å². The summed E-state index contributed by atoms with van der Waals surface area (Å²) >= 11 is 0. The lowest BCUT2D eigenvalue weighted by atomic mass is 9.87. The minimum Gasteiger partial charge on any atom is -0.496 e. The summed E-state index contributed by atoms with van der Waals surface area (Å²) in [5.74, 6) is -4.49. The molecular weight excluding hydrogens is 620 g/mol. The topological polar surface area (TPSA) is 139 Å². The molecule has 2 bridgehead atoms. The van der Waals surface area contributed by atoms with Crippen molar-refractivity contribution in [3.05, 3.63) is 89.8 Å². The zero-order chi connectivity index (χ0) is 32.7. The van der Waals surface area contributed by atoms with Crippen LogP contribution in [-0.2, 0) is 25.8 Å². The van der Waals surface area contributed by atoms with Crippen LogP contribution in [-0.4, -0.2) is 50.0 Å². The third-order valence-corrected chi connectivity index (χ3v) is 9.41. The van der Waals surface area contributed by atoms with Crippen molar-refractivity contribution in [1.29, 1.82) is 0 Å². The highest BCUT2D eigenvalue weighted by atomic mass is 32.2. The monoisotopic (exact) mass is 646 g/mol. The van der Waals surface area contributed by atoms with Crippen molar-refractivity contribution in [3.8, 4) is 16.9 Å². The number of benzene rings is 3. The molecule has 5 rings (SSSR count). The molecule has 0 unspecified atom stereocenters. The molecule has 2 amide bonds. The van der Waals surface area contributed by atoms with Crippen LogP contribution < -0.4 is 15.4 Å². The van der Waals surface area contributed by atoms with Gasteiger partial charge < -0.3 is 20.5 Å². The predicted molar refractivity (Wildman–Crippen MR) is 154 cm³/mol. The Balaban J connectivity index is 1.39. The number of carboxylic acids is 1. The van der Waals surface area contributed by atoms with Gasteiger partial charge in [-0.1, -0.05) is 42.5 Å². The van der Waals surface area contributed by atoms with Gasteiger partial charge in [-0.05, 0) is 53.6 Å². The minimum atomic E-state index is -5.64. The van der Waals surface area contributed by atoms with E-state index in [9.17, 15) is 36.0 Å². The molecule has 0 heterocycles. The number of allylic oxidation sites excluding steroid dienone is 1. The molecule has 0 aliphatic heterocycles. The van der Waals surface area contributed by atoms with Gasteiger partial charge >= 0.3 is 11.5 Å². The number of aliphatic carboxylic acids is 1. The van der Waals surface area contributed by atoms with Crippen molar-refractivity contribution in [1.82, 2.24) is 5.32 Å². The number of fused-ring (bicyclic) bond motifs is 2. The number of nitrogens with one attached hydrogen (secondary N) is 2. The number of carbonyl (C=O) groups is 3. The third kappa shape index (κ3) is 6.27. The molecule has 0 saturated heterocycles. The first-order valence-electron chi connectivity index (χ1n) is 13.6. The number of ether oxygens (including phenoxy) is 1. The Kier molecular flexibility index (Phi) is 8.45. The lowest BCUT2D eigenvalue weighted by molar-refractivity contribution is -0.136. The lowest BCUT2D eigenvalue weighted by Gasteiger charge is -2.28. The Morgan fingerprint density at radius 2 is 1.69 bits per heavy atom. The molecule has 14 heteroatoms. The van der Waals surface area contributed by atoms with Gasteiger partial charge in [-0.15, -0.1) is 0 Å². The van der Waals surface area contributed by atoms with Crippen molar-refractivity contribution in [3.63, 3.8) is 0 Å². The predicted octanol–water partition coefficient (Wildman–Crippen LogP) is 4.98. The minimum absolute atomic E-state index is 0.0283. The molecule has 3 aromatic carbocycles. The van der Waals surface area contributed by atoms with E-state index in [0.717, 1.165) is 24.3 Å². The highest BCUT2D eigenvalue weighted by molar-refractivity contribution is 7.92. The van der Waals surface area contributed by atoms with Crippen LogP contribution in [0, 0.1) is 23.6 Å². The van der Waals surface area contributed by atoms with Gasteiger partial charge in [0.25, 0.3) is 15.7 Å². The van der Waals surface area contributed by atoms with Gasteiger partial charge in [0.05, 0.1) is 29.9 Å². The van der Waals surface area contributed by atoms with Crippen molar-refractivity contribution in [2.75, 3.05) is 12.4 Å². The normalized spacial score (nSPS) is 20.6. The molecule has 3 aromatic rings. The molecule has 45 heavy (non-hydrogen) atoms. The molecule has 236 valence electrons. The van der Waals surface area contributed by atoms with Gasteiger partial charge in [0.1, 0.15) is 11.6 Å². The number of halogens is 4. The van der Waals surface area contributed by atoms with Gasteiger partial charge in [-0.2, -0.15) is 13.2 Å². The van der Waals surface area contributed by atoms with E-state index >= 15 is 4.39 Å². The van der Waals surface area contributed by atoms with E-state index in [1.165, 1.54) is 43.5 Å². The number of carbonyl (C=O) groups excluding carboxylic acids is 2. The van der Waals surface area contributed by atoms with Crippen LogP contribution >= 0.6 is 0 Å². The average Bonchev–Trinajstić information content (AvgIpc) is 3.59. The van der Waals surface area contributed by atoms with E-state index in [-0.39, 0.29) is 40.8 Å². The molecule has 9 nitrogen and oxygen atoms in total. The van der Waals surface area contributed by atoms with Crippen LogP contribution in [0.4, 0.5) is 23.2 Å². The fraction of sp³-hybridized carbons (Fsp3) is 0.258. The summed E-state index contributed by atoms with van der Waals surface area (Å²) in [7, 11) is -4.38. The second kappa shape index (κ2) is 12.0. The lowest BCUT2D eigenvalue weighted by Crippen LogP contribution is -2.47. The fourth-order valence-electron chi connectivity index (χ4n) is 5.81.